The van der Waals surface area contributed by atoms with Crippen molar-refractivity contribution in [2.24, 2.45) is 5.73 Å². The number of rotatable bonds is 9. The van der Waals surface area contributed by atoms with Gasteiger partial charge in [0.15, 0.2) is 17.3 Å². The van der Waals surface area contributed by atoms with Crippen LogP contribution in [0.2, 0.25) is 0 Å². The topological polar surface area (TPSA) is 109 Å². The number of nitrogens with one attached hydrogen (secondary N) is 1. The Morgan fingerprint density at radius 2 is 1.94 bits per heavy atom. The molecule has 0 atom stereocenters. The Bertz CT molecular complexity index is 1020. The minimum absolute atomic E-state index is 0. The highest BCUT2D eigenvalue weighted by atomic mass is 79.9. The van der Waals surface area contributed by atoms with E-state index in [9.17, 15) is 9.90 Å². The lowest BCUT2D eigenvalue weighted by Crippen LogP contribution is -2.30. The van der Waals surface area contributed by atoms with Crippen LogP contribution in [-0.2, 0) is 12.0 Å². The molecule has 8 heteroatoms. The minimum atomic E-state index is -0.372. The lowest BCUT2D eigenvalue weighted by Gasteiger charge is -2.24. The molecule has 0 spiro atoms. The molecule has 7 nitrogen and oxygen atoms in total. The van der Waals surface area contributed by atoms with Gasteiger partial charge in [0.1, 0.15) is 11.6 Å². The molecule has 1 aliphatic heterocycles. The van der Waals surface area contributed by atoms with Crippen LogP contribution in [0, 0.1) is 5.41 Å². The van der Waals surface area contributed by atoms with Crippen molar-refractivity contribution >= 4 is 28.6 Å². The quantitative estimate of drug-likeness (QED) is 0.334. The number of Topliss-reactive ketones (excluding diaryl/α,β-unsaturated/α-hetero) is 1. The van der Waals surface area contributed by atoms with Crippen molar-refractivity contribution in [2.75, 3.05) is 26.8 Å². The normalized spacial score (nSPS) is 12.9. The number of carbonyl (C=O) groups is 1. The van der Waals surface area contributed by atoms with Crippen molar-refractivity contribution in [3.05, 3.63) is 52.6 Å². The number of fused-ring (bicyclic) bond motifs is 1. The van der Waals surface area contributed by atoms with E-state index < -0.39 is 0 Å². The molecule has 2 aromatic rings. The summed E-state index contributed by atoms with van der Waals surface area (Å²) < 4.78 is 11.1. The fourth-order valence-electron chi connectivity index (χ4n) is 3.79. The van der Waals surface area contributed by atoms with E-state index in [0.717, 1.165) is 29.7 Å². The molecule has 1 aliphatic rings. The van der Waals surface area contributed by atoms with Crippen LogP contribution in [0.25, 0.3) is 0 Å². The first-order valence-electron chi connectivity index (χ1n) is 10.9. The molecule has 0 fully saturated rings. The average Bonchev–Trinajstić information content (AvgIpc) is 3.05. The van der Waals surface area contributed by atoms with E-state index in [2.05, 4.69) is 0 Å². The van der Waals surface area contributed by atoms with Gasteiger partial charge in [0.05, 0.1) is 20.3 Å². The Morgan fingerprint density at radius 3 is 2.58 bits per heavy atom. The van der Waals surface area contributed by atoms with Gasteiger partial charge in [-0.1, -0.05) is 20.8 Å². The molecule has 0 radical (unpaired) electrons. The zero-order valence-electron chi connectivity index (χ0n) is 19.7. The number of carbonyl (C=O) groups excluding carboxylic acids is 1. The highest BCUT2D eigenvalue weighted by Crippen LogP contribution is 2.39. The van der Waals surface area contributed by atoms with Crippen LogP contribution in [0.15, 0.2) is 30.3 Å². The lowest BCUT2D eigenvalue weighted by molar-refractivity contribution is 0.0962. The summed E-state index contributed by atoms with van der Waals surface area (Å²) in [5, 5.41) is 19.2. The first-order valence-corrected chi connectivity index (χ1v) is 10.9. The number of unbranched alkanes of at least 4 members (excludes halogenated alkanes) is 1. The highest BCUT2D eigenvalue weighted by molar-refractivity contribution is 8.93. The summed E-state index contributed by atoms with van der Waals surface area (Å²) in [6.07, 6.45) is 1.60. The van der Waals surface area contributed by atoms with E-state index in [1.165, 1.54) is 0 Å². The van der Waals surface area contributed by atoms with Crippen LogP contribution in [0.5, 0.6) is 17.2 Å². The van der Waals surface area contributed by atoms with E-state index in [-0.39, 0.29) is 40.5 Å². The van der Waals surface area contributed by atoms with Gasteiger partial charge in [-0.25, -0.2) is 0 Å². The fourth-order valence-corrected chi connectivity index (χ4v) is 3.79. The second-order valence-corrected chi connectivity index (χ2v) is 9.12. The van der Waals surface area contributed by atoms with Gasteiger partial charge in [-0.05, 0) is 60.7 Å². The molecule has 0 bridgehead atoms. The van der Waals surface area contributed by atoms with Crippen molar-refractivity contribution in [1.29, 1.82) is 5.41 Å². The monoisotopic (exact) mass is 519 g/mol. The highest BCUT2D eigenvalue weighted by Gasteiger charge is 2.28. The van der Waals surface area contributed by atoms with Crippen molar-refractivity contribution < 1.29 is 19.4 Å². The predicted molar refractivity (Wildman–Crippen MR) is 135 cm³/mol. The summed E-state index contributed by atoms with van der Waals surface area (Å²) >= 11 is 0. The summed E-state index contributed by atoms with van der Waals surface area (Å²) in [6.45, 7) is 7.48. The van der Waals surface area contributed by atoms with E-state index in [1.807, 2.05) is 39.0 Å². The van der Waals surface area contributed by atoms with E-state index in [1.54, 1.807) is 24.1 Å². The zero-order valence-corrected chi connectivity index (χ0v) is 21.4. The number of phenols is 1. The number of halogens is 1. The van der Waals surface area contributed by atoms with Crippen LogP contribution in [0.3, 0.4) is 0 Å². The van der Waals surface area contributed by atoms with Gasteiger partial charge < -0.3 is 25.2 Å². The number of amidine groups is 1. The third-order valence-corrected chi connectivity index (χ3v) is 5.64. The van der Waals surface area contributed by atoms with Gasteiger partial charge in [-0.15, -0.1) is 17.0 Å². The lowest BCUT2D eigenvalue weighted by atomic mass is 9.84. The van der Waals surface area contributed by atoms with Crippen LogP contribution < -0.4 is 15.2 Å². The third kappa shape index (κ3) is 6.06. The number of nitrogens with two attached hydrogens (primary N) is 1. The first kappa shape index (κ1) is 26.7. The summed E-state index contributed by atoms with van der Waals surface area (Å²) in [5.74, 6) is 1.29. The maximum absolute atomic E-state index is 13.2. The molecule has 0 saturated heterocycles. The standard InChI is InChI=1S/C25H33N3O4.BrH/c1-25(2,3)20-12-16(13-22(23(20)30)32-10-6-5-9-26)21(29)15-28-14-17-11-18(31-4)7-8-19(17)24(28)27;/h7-8,11-13,27,30H,5-6,9-10,14-15,26H2,1-4H3;1H. The Labute approximate surface area is 206 Å². The van der Waals surface area contributed by atoms with E-state index in [4.69, 9.17) is 20.6 Å². The summed E-state index contributed by atoms with van der Waals surface area (Å²) in [4.78, 5) is 15.0. The second-order valence-electron chi connectivity index (χ2n) is 9.12. The summed E-state index contributed by atoms with van der Waals surface area (Å²) in [6, 6.07) is 8.92. The third-order valence-electron chi connectivity index (χ3n) is 5.64. The van der Waals surface area contributed by atoms with Gasteiger partial charge in [-0.3, -0.25) is 10.2 Å². The molecule has 0 amide bonds. The zero-order chi connectivity index (χ0) is 23.5. The minimum Gasteiger partial charge on any atom is -0.504 e. The van der Waals surface area contributed by atoms with Crippen molar-refractivity contribution in [1.82, 2.24) is 4.90 Å². The van der Waals surface area contributed by atoms with E-state index >= 15 is 0 Å². The Morgan fingerprint density at radius 1 is 1.21 bits per heavy atom. The van der Waals surface area contributed by atoms with Crippen LogP contribution in [0.4, 0.5) is 0 Å². The number of aromatic hydroxyl groups is 1. The second kappa shape index (κ2) is 11.0. The Hall–Kier alpha value is -2.58. The summed E-state index contributed by atoms with van der Waals surface area (Å²) in [5.41, 5.74) is 8.06. The number of nitrogens with zero attached hydrogens (tertiary/aromatic N) is 1. The van der Waals surface area contributed by atoms with Gasteiger partial charge in [0, 0.05) is 23.2 Å². The molecular formula is C25H34BrN3O4. The average molecular weight is 520 g/mol. The Kier molecular flexibility index (Phi) is 8.91. The molecule has 4 N–H and O–H groups in total. The molecule has 0 saturated carbocycles. The van der Waals surface area contributed by atoms with Crippen LogP contribution in [0.1, 0.15) is 60.7 Å². The SMILES string of the molecule is Br.COc1ccc2c(c1)CN(CC(=O)c1cc(OCCCCN)c(O)c(C(C)(C)C)c1)C2=N. The molecule has 3 rings (SSSR count). The fraction of sp³-hybridized carbons (Fsp3) is 0.440. The van der Waals surface area contributed by atoms with Crippen LogP contribution in [-0.4, -0.2) is 48.4 Å². The first-order chi connectivity index (χ1) is 15.2. The maximum Gasteiger partial charge on any atom is 0.182 e. The van der Waals surface area contributed by atoms with Crippen molar-refractivity contribution in [3.8, 4) is 17.2 Å². The molecule has 33 heavy (non-hydrogen) atoms. The van der Waals surface area contributed by atoms with Gasteiger partial charge in [-0.2, -0.15) is 0 Å². The number of hydrogen-bond acceptors (Lipinski definition) is 6. The van der Waals surface area contributed by atoms with Gasteiger partial charge >= 0.3 is 0 Å². The number of methoxy groups -OCH3 is 1. The molecule has 180 valence electrons. The smallest absolute Gasteiger partial charge is 0.182 e. The molecule has 2 aromatic carbocycles. The van der Waals surface area contributed by atoms with Gasteiger partial charge in [0.25, 0.3) is 0 Å². The molecular weight excluding hydrogens is 486 g/mol. The van der Waals surface area contributed by atoms with Crippen molar-refractivity contribution in [3.63, 3.8) is 0 Å². The Balaban J connectivity index is 0.00000385. The number of phenolic OH excluding ortho intramolecular Hbond substituents is 1. The molecule has 0 aliphatic carbocycles. The number of hydrogen-bond donors (Lipinski definition) is 3. The number of ketones is 1. The maximum atomic E-state index is 13.2. The van der Waals surface area contributed by atoms with Crippen molar-refractivity contribution in [2.45, 2.75) is 45.6 Å². The molecule has 0 unspecified atom stereocenters. The summed E-state index contributed by atoms with van der Waals surface area (Å²) in [7, 11) is 1.61. The number of benzene rings is 2. The molecule has 1 heterocycles. The van der Waals surface area contributed by atoms with Gasteiger partial charge in [0.2, 0.25) is 0 Å². The molecule has 0 aromatic heterocycles. The van der Waals surface area contributed by atoms with Crippen LogP contribution >= 0.6 is 17.0 Å². The predicted octanol–water partition coefficient (Wildman–Crippen LogP) is 4.42. The van der Waals surface area contributed by atoms with E-state index in [0.29, 0.717) is 42.4 Å². The largest absolute Gasteiger partial charge is 0.504 e. The number of ether oxygens (including phenoxy) is 2.